The fraction of sp³-hybridized carbons (Fsp3) is 0.483. The second-order valence-corrected chi connectivity index (χ2v) is 11.1. The van der Waals surface area contributed by atoms with Crippen LogP contribution in [0.25, 0.3) is 6.08 Å². The molecule has 0 bridgehead atoms. The summed E-state index contributed by atoms with van der Waals surface area (Å²) in [5.74, 6) is 0.967. The van der Waals surface area contributed by atoms with Gasteiger partial charge in [-0.25, -0.2) is 0 Å². The normalized spacial score (nSPS) is 27.4. The lowest BCUT2D eigenvalue weighted by molar-refractivity contribution is -0.137. The van der Waals surface area contributed by atoms with Gasteiger partial charge >= 0.3 is 6.18 Å². The first-order valence-corrected chi connectivity index (χ1v) is 13.0. The zero-order chi connectivity index (χ0) is 25.9. The van der Waals surface area contributed by atoms with Gasteiger partial charge in [-0.3, -0.25) is 4.79 Å². The molecule has 1 heterocycles. The predicted molar refractivity (Wildman–Crippen MR) is 138 cm³/mol. The Hall–Kier alpha value is -2.31. The number of hydrogen-bond donors (Lipinski definition) is 1. The third-order valence-corrected chi connectivity index (χ3v) is 8.07. The van der Waals surface area contributed by atoms with Crippen LogP contribution in [0.1, 0.15) is 56.2 Å². The van der Waals surface area contributed by atoms with Gasteiger partial charge in [-0.05, 0) is 73.4 Å². The van der Waals surface area contributed by atoms with Crippen LogP contribution in [0.4, 0.5) is 13.2 Å². The maximum atomic E-state index is 13.1. The SMILES string of the molecule is CC1CN(C2CCC(C)(C(=O)NCc3cc(Cl)cc(C(F)(F)F)c3)C2)CC[C@H]1/C=C\c1ccccc1. The molecule has 1 aliphatic carbocycles. The number of rotatable bonds is 6. The summed E-state index contributed by atoms with van der Waals surface area (Å²) in [6, 6.07) is 14.1. The van der Waals surface area contributed by atoms with Crippen LogP contribution in [-0.4, -0.2) is 29.9 Å². The van der Waals surface area contributed by atoms with Crippen molar-refractivity contribution >= 4 is 23.6 Å². The zero-order valence-corrected chi connectivity index (χ0v) is 21.6. The molecule has 0 aromatic heterocycles. The maximum Gasteiger partial charge on any atom is 0.416 e. The highest BCUT2D eigenvalue weighted by atomic mass is 35.5. The van der Waals surface area contributed by atoms with E-state index in [0.29, 0.717) is 23.4 Å². The van der Waals surface area contributed by atoms with Crippen molar-refractivity contribution in [1.82, 2.24) is 10.2 Å². The second kappa shape index (κ2) is 11.0. The van der Waals surface area contributed by atoms with Crippen molar-refractivity contribution in [3.63, 3.8) is 0 Å². The van der Waals surface area contributed by atoms with Gasteiger partial charge in [-0.1, -0.05) is 67.9 Å². The van der Waals surface area contributed by atoms with E-state index in [0.717, 1.165) is 50.9 Å². The highest BCUT2D eigenvalue weighted by Gasteiger charge is 2.44. The standard InChI is InChI=1S/C29H34ClF3N2O/c1-20-19-35(13-11-23(20)9-8-21-6-4-3-5-7-21)26-10-12-28(2,17-26)27(36)34-18-22-14-24(29(31,32)33)16-25(30)15-22/h3-9,14-16,20,23,26H,10-13,17-19H2,1-2H3,(H,34,36)/b9-8-/t20?,23-,26?,28?/m1/s1. The van der Waals surface area contributed by atoms with Gasteiger partial charge in [0.15, 0.2) is 0 Å². The van der Waals surface area contributed by atoms with Crippen LogP contribution < -0.4 is 5.32 Å². The van der Waals surface area contributed by atoms with Crippen LogP contribution in [0.3, 0.4) is 0 Å². The van der Waals surface area contributed by atoms with Crippen molar-refractivity contribution in [1.29, 1.82) is 0 Å². The number of likely N-dealkylation sites (tertiary alicyclic amines) is 1. The molecule has 0 radical (unpaired) electrons. The van der Waals surface area contributed by atoms with Crippen molar-refractivity contribution < 1.29 is 18.0 Å². The van der Waals surface area contributed by atoms with E-state index in [9.17, 15) is 18.0 Å². The minimum absolute atomic E-state index is 0.0114. The third kappa shape index (κ3) is 6.51. The number of nitrogens with zero attached hydrogens (tertiary/aromatic N) is 1. The summed E-state index contributed by atoms with van der Waals surface area (Å²) in [5, 5.41) is 2.88. The predicted octanol–water partition coefficient (Wildman–Crippen LogP) is 7.21. The molecule has 2 aliphatic rings. The first kappa shape index (κ1) is 26.7. The average Bonchev–Trinajstić information content (AvgIpc) is 3.25. The molecule has 2 aromatic carbocycles. The summed E-state index contributed by atoms with van der Waals surface area (Å²) in [6.07, 6.45) is 3.66. The first-order valence-electron chi connectivity index (χ1n) is 12.7. The third-order valence-electron chi connectivity index (χ3n) is 7.86. The molecule has 1 N–H and O–H groups in total. The number of hydrogen-bond acceptors (Lipinski definition) is 2. The van der Waals surface area contributed by atoms with Crippen molar-refractivity contribution in [3.8, 4) is 0 Å². The Bertz CT molecular complexity index is 1090. The van der Waals surface area contributed by atoms with E-state index < -0.39 is 17.2 Å². The number of piperidine rings is 1. The molecule has 194 valence electrons. The fourth-order valence-electron chi connectivity index (χ4n) is 5.65. The van der Waals surface area contributed by atoms with Gasteiger partial charge in [0.1, 0.15) is 0 Å². The molecule has 1 amide bonds. The molecule has 1 saturated heterocycles. The number of carbonyl (C=O) groups is 1. The van der Waals surface area contributed by atoms with Crippen molar-refractivity contribution in [2.24, 2.45) is 17.3 Å². The number of alkyl halides is 3. The molecule has 2 aromatic rings. The lowest BCUT2D eigenvalue weighted by atomic mass is 9.84. The van der Waals surface area contributed by atoms with Gasteiger partial charge in [-0.2, -0.15) is 13.2 Å². The summed E-state index contributed by atoms with van der Waals surface area (Å²) in [6.45, 7) is 6.32. The maximum absolute atomic E-state index is 13.1. The van der Waals surface area contributed by atoms with Gasteiger partial charge in [-0.15, -0.1) is 0 Å². The van der Waals surface area contributed by atoms with Crippen LogP contribution in [0.5, 0.6) is 0 Å². The number of nitrogens with one attached hydrogen (secondary N) is 1. The molecule has 4 rings (SSSR count). The van der Waals surface area contributed by atoms with Gasteiger partial charge < -0.3 is 10.2 Å². The van der Waals surface area contributed by atoms with E-state index in [-0.39, 0.29) is 17.5 Å². The van der Waals surface area contributed by atoms with Gasteiger partial charge in [0.05, 0.1) is 5.56 Å². The minimum Gasteiger partial charge on any atom is -0.352 e. The quantitative estimate of drug-likeness (QED) is 0.438. The van der Waals surface area contributed by atoms with Crippen LogP contribution in [-0.2, 0) is 17.5 Å². The number of amides is 1. The molecule has 4 atom stereocenters. The highest BCUT2D eigenvalue weighted by Crippen LogP contribution is 2.42. The molecule has 3 nitrogen and oxygen atoms in total. The van der Waals surface area contributed by atoms with E-state index in [1.54, 1.807) is 0 Å². The Kier molecular flexibility index (Phi) is 8.15. The van der Waals surface area contributed by atoms with Gasteiger partial charge in [0, 0.05) is 29.6 Å². The van der Waals surface area contributed by atoms with Crippen molar-refractivity contribution in [3.05, 3.63) is 76.3 Å². The fourth-order valence-corrected chi connectivity index (χ4v) is 5.91. The smallest absolute Gasteiger partial charge is 0.352 e. The Morgan fingerprint density at radius 3 is 2.64 bits per heavy atom. The summed E-state index contributed by atoms with van der Waals surface area (Å²) < 4.78 is 39.3. The lowest BCUT2D eigenvalue weighted by Gasteiger charge is -2.39. The minimum atomic E-state index is -4.48. The van der Waals surface area contributed by atoms with Crippen molar-refractivity contribution in [2.75, 3.05) is 13.1 Å². The lowest BCUT2D eigenvalue weighted by Crippen LogP contribution is -2.45. The zero-order valence-electron chi connectivity index (χ0n) is 20.8. The number of halogens is 4. The van der Waals surface area contributed by atoms with E-state index >= 15 is 0 Å². The average molecular weight is 519 g/mol. The molecule has 2 fully saturated rings. The van der Waals surface area contributed by atoms with Crippen LogP contribution in [0.2, 0.25) is 5.02 Å². The molecule has 1 saturated carbocycles. The number of benzene rings is 2. The van der Waals surface area contributed by atoms with E-state index in [1.807, 2.05) is 25.1 Å². The number of carbonyl (C=O) groups excluding carboxylic acids is 1. The summed E-state index contributed by atoms with van der Waals surface area (Å²) in [4.78, 5) is 15.6. The van der Waals surface area contributed by atoms with Crippen LogP contribution in [0, 0.1) is 17.3 Å². The Morgan fingerprint density at radius 1 is 1.19 bits per heavy atom. The van der Waals surface area contributed by atoms with Crippen LogP contribution >= 0.6 is 11.6 Å². The topological polar surface area (TPSA) is 32.3 Å². The largest absolute Gasteiger partial charge is 0.416 e. The Balaban J connectivity index is 1.30. The molecular formula is C29H34ClF3N2O. The van der Waals surface area contributed by atoms with Gasteiger partial charge in [0.2, 0.25) is 5.91 Å². The Morgan fingerprint density at radius 2 is 1.94 bits per heavy atom. The first-order chi connectivity index (χ1) is 17.0. The molecular weight excluding hydrogens is 485 g/mol. The molecule has 36 heavy (non-hydrogen) atoms. The summed E-state index contributed by atoms with van der Waals surface area (Å²) in [5.41, 5.74) is 0.240. The Labute approximate surface area is 216 Å². The summed E-state index contributed by atoms with van der Waals surface area (Å²) >= 11 is 5.88. The molecule has 7 heteroatoms. The van der Waals surface area contributed by atoms with E-state index in [4.69, 9.17) is 11.6 Å². The molecule has 1 aliphatic heterocycles. The summed E-state index contributed by atoms with van der Waals surface area (Å²) in [7, 11) is 0. The molecule has 0 spiro atoms. The van der Waals surface area contributed by atoms with E-state index in [2.05, 4.69) is 41.4 Å². The van der Waals surface area contributed by atoms with E-state index in [1.165, 1.54) is 11.6 Å². The molecule has 3 unspecified atom stereocenters. The monoisotopic (exact) mass is 518 g/mol. The van der Waals surface area contributed by atoms with Crippen LogP contribution in [0.15, 0.2) is 54.6 Å². The second-order valence-electron chi connectivity index (χ2n) is 10.7. The van der Waals surface area contributed by atoms with Crippen molar-refractivity contribution in [2.45, 2.75) is 58.3 Å². The van der Waals surface area contributed by atoms with Gasteiger partial charge in [0.25, 0.3) is 0 Å². The number of allylic oxidation sites excluding steroid dienone is 1. The highest BCUT2D eigenvalue weighted by molar-refractivity contribution is 6.30.